The van der Waals surface area contributed by atoms with Gasteiger partial charge in [0, 0.05) is 25.1 Å². The van der Waals surface area contributed by atoms with Crippen LogP contribution in [0, 0.1) is 5.41 Å². The number of rotatable bonds is 21. The van der Waals surface area contributed by atoms with Crippen molar-refractivity contribution in [2.24, 2.45) is 11.5 Å². The molecule has 3 aromatic rings. The van der Waals surface area contributed by atoms with Gasteiger partial charge in [-0.3, -0.25) is 15.0 Å². The van der Waals surface area contributed by atoms with Crippen molar-refractivity contribution in [3.8, 4) is 0 Å². The number of aromatic carboxylic acids is 1. The number of benzene rings is 3. The fraction of sp³-hybridized carbons (Fsp3) is 0.316. The van der Waals surface area contributed by atoms with Crippen molar-refractivity contribution in [2.75, 3.05) is 0 Å². The van der Waals surface area contributed by atoms with E-state index in [1.807, 2.05) is 37.3 Å². The Morgan fingerprint density at radius 2 is 1.59 bits per heavy atom. The monoisotopic (exact) mass is 716 g/mol. The second-order valence-corrected chi connectivity index (χ2v) is 14.1. The summed E-state index contributed by atoms with van der Waals surface area (Å²) in [4.78, 5) is 39.0. The molecule has 0 saturated carbocycles. The summed E-state index contributed by atoms with van der Waals surface area (Å²) in [6, 6.07) is 17.5. The average molecular weight is 717 g/mol. The third-order valence-corrected chi connectivity index (χ3v) is 9.49. The number of nitrogen functional groups attached to an aromatic ring is 1. The third kappa shape index (κ3) is 14.0. The Labute approximate surface area is 300 Å². The van der Waals surface area contributed by atoms with Crippen LogP contribution in [0.25, 0.3) is 0 Å². The molecule has 0 heterocycles. The third-order valence-electron chi connectivity index (χ3n) is 8.13. The minimum Gasteiger partial charge on any atom is -0.478 e. The van der Waals surface area contributed by atoms with Crippen molar-refractivity contribution < 1.29 is 27.9 Å². The number of hydrogen-bond donors (Lipinski definition) is 7. The predicted octanol–water partition coefficient (Wildman–Crippen LogP) is 4.04. The molecule has 2 amide bonds. The number of carbonyl (C=O) groups is 3. The van der Waals surface area contributed by atoms with Crippen LogP contribution in [-0.4, -0.2) is 49.2 Å². The van der Waals surface area contributed by atoms with Gasteiger partial charge in [-0.2, -0.15) is 0 Å². The van der Waals surface area contributed by atoms with Crippen LogP contribution >= 0.6 is 0 Å². The van der Waals surface area contributed by atoms with Crippen LogP contribution in [0.5, 0.6) is 0 Å². The molecule has 3 rings (SSSR count). The van der Waals surface area contributed by atoms with E-state index >= 15 is 0 Å². The van der Waals surface area contributed by atoms with E-state index < -0.39 is 45.6 Å². The van der Waals surface area contributed by atoms with Crippen molar-refractivity contribution in [2.45, 2.75) is 76.4 Å². The molecule has 0 saturated heterocycles. The molecule has 0 fully saturated rings. The standard InChI is InChI=1S/C38H48N6O6S/c1-3-4-5-9-26(2)10-6-15-33(44-51(49,50)25-30-13-8-14-32(21-30)38(47)48)37(46)43-34(22-28-11-7-12-29(20-28)23-39)36(45)42-24-27-16-18-31(19-17-27)35(40)41/h3,7-9,11-14,16-21,33-34,44H,1,4-6,10,15,22-25,39H2,2H3,(H3,40,41)(H,42,45)(H,43,46)(H,47,48)/b26-9+/t33-,34+/m1/s1. The lowest BCUT2D eigenvalue weighted by Crippen LogP contribution is -2.54. The molecular formula is C38H48N6O6S. The lowest BCUT2D eigenvalue weighted by molar-refractivity contribution is -0.130. The van der Waals surface area contributed by atoms with Gasteiger partial charge in [0.1, 0.15) is 17.9 Å². The average Bonchev–Trinajstić information content (AvgIpc) is 3.10. The lowest BCUT2D eigenvalue weighted by Gasteiger charge is -2.24. The SMILES string of the molecule is C=CCC/C=C(\C)CCC[C@@H](NS(=O)(=O)Cc1cccc(C(=O)O)c1)C(=O)N[C@@H](Cc1cccc(CN)c1)C(=O)NCc1ccc(C(=N)N)cc1. The predicted molar refractivity (Wildman–Crippen MR) is 199 cm³/mol. The summed E-state index contributed by atoms with van der Waals surface area (Å²) in [7, 11) is -4.14. The van der Waals surface area contributed by atoms with E-state index in [2.05, 4.69) is 28.0 Å². The highest BCUT2D eigenvalue weighted by Crippen LogP contribution is 2.15. The number of unbranched alkanes of at least 4 members (excludes halogenated alkanes) is 1. The number of amides is 2. The molecule has 272 valence electrons. The van der Waals surface area contributed by atoms with Crippen LogP contribution in [-0.2, 0) is 44.9 Å². The lowest BCUT2D eigenvalue weighted by atomic mass is 10.0. The molecule has 0 aliphatic carbocycles. The summed E-state index contributed by atoms with van der Waals surface area (Å²) >= 11 is 0. The molecule has 0 spiro atoms. The zero-order valence-corrected chi connectivity index (χ0v) is 29.7. The van der Waals surface area contributed by atoms with E-state index in [1.54, 1.807) is 24.3 Å². The Hall–Kier alpha value is -5.11. The molecule has 0 bridgehead atoms. The Morgan fingerprint density at radius 3 is 2.25 bits per heavy atom. The fourth-order valence-electron chi connectivity index (χ4n) is 5.37. The molecule has 13 heteroatoms. The number of amidine groups is 1. The smallest absolute Gasteiger partial charge is 0.335 e. The molecule has 2 atom stereocenters. The highest BCUT2D eigenvalue weighted by molar-refractivity contribution is 7.88. The molecule has 3 aromatic carbocycles. The topological polar surface area (TPSA) is 218 Å². The second kappa shape index (κ2) is 19.9. The molecule has 0 radical (unpaired) electrons. The fourth-order valence-corrected chi connectivity index (χ4v) is 6.73. The zero-order valence-electron chi connectivity index (χ0n) is 28.9. The Kier molecular flexibility index (Phi) is 15.7. The number of hydrogen-bond acceptors (Lipinski definition) is 7. The van der Waals surface area contributed by atoms with E-state index in [4.69, 9.17) is 16.9 Å². The van der Waals surface area contributed by atoms with Crippen molar-refractivity contribution >= 4 is 33.6 Å². The van der Waals surface area contributed by atoms with Gasteiger partial charge in [0.05, 0.1) is 11.3 Å². The van der Waals surface area contributed by atoms with E-state index in [1.165, 1.54) is 24.3 Å². The van der Waals surface area contributed by atoms with Crippen LogP contribution < -0.4 is 26.8 Å². The van der Waals surface area contributed by atoms with Crippen molar-refractivity contribution in [1.29, 1.82) is 5.41 Å². The number of sulfonamides is 1. The second-order valence-electron chi connectivity index (χ2n) is 12.4. The van der Waals surface area contributed by atoms with Gasteiger partial charge in [0.15, 0.2) is 0 Å². The molecular weight excluding hydrogens is 669 g/mol. The van der Waals surface area contributed by atoms with E-state index in [9.17, 15) is 27.9 Å². The Bertz CT molecular complexity index is 1820. The largest absolute Gasteiger partial charge is 0.478 e. The number of allylic oxidation sites excluding steroid dienone is 3. The Balaban J connectivity index is 1.85. The maximum absolute atomic E-state index is 13.9. The molecule has 0 aromatic heterocycles. The normalized spacial score (nSPS) is 12.8. The summed E-state index contributed by atoms with van der Waals surface area (Å²) < 4.78 is 29.3. The quantitative estimate of drug-likeness (QED) is 0.0369. The summed E-state index contributed by atoms with van der Waals surface area (Å²) in [5, 5.41) is 22.6. The first-order valence-electron chi connectivity index (χ1n) is 16.7. The minimum atomic E-state index is -4.14. The van der Waals surface area contributed by atoms with E-state index in [-0.39, 0.29) is 42.9 Å². The molecule has 0 aliphatic rings. The van der Waals surface area contributed by atoms with Crippen LogP contribution in [0.3, 0.4) is 0 Å². The number of carboxylic acids is 1. The minimum absolute atomic E-state index is 0.0573. The summed E-state index contributed by atoms with van der Waals surface area (Å²) in [5.74, 6) is -2.97. The van der Waals surface area contributed by atoms with Crippen LogP contribution in [0.4, 0.5) is 0 Å². The van der Waals surface area contributed by atoms with Crippen LogP contribution in [0.15, 0.2) is 97.1 Å². The van der Waals surface area contributed by atoms with Gasteiger partial charge in [0.2, 0.25) is 21.8 Å². The maximum Gasteiger partial charge on any atom is 0.335 e. The van der Waals surface area contributed by atoms with Crippen molar-refractivity contribution in [1.82, 2.24) is 15.4 Å². The van der Waals surface area contributed by atoms with Crippen LogP contribution in [0.2, 0.25) is 0 Å². The number of carbonyl (C=O) groups excluding carboxylic acids is 2. The van der Waals surface area contributed by atoms with Gasteiger partial charge in [-0.1, -0.05) is 78.4 Å². The molecule has 0 unspecified atom stereocenters. The van der Waals surface area contributed by atoms with Gasteiger partial charge in [-0.25, -0.2) is 17.9 Å². The van der Waals surface area contributed by atoms with Gasteiger partial charge in [-0.05, 0) is 73.4 Å². The molecule has 0 aliphatic heterocycles. The maximum atomic E-state index is 13.9. The van der Waals surface area contributed by atoms with Gasteiger partial charge in [0.25, 0.3) is 0 Å². The Morgan fingerprint density at radius 1 is 0.902 bits per heavy atom. The van der Waals surface area contributed by atoms with Gasteiger partial charge >= 0.3 is 5.97 Å². The van der Waals surface area contributed by atoms with Gasteiger partial charge in [-0.15, -0.1) is 6.58 Å². The number of nitrogens with one attached hydrogen (secondary N) is 4. The van der Waals surface area contributed by atoms with Gasteiger partial charge < -0.3 is 27.2 Å². The summed E-state index contributed by atoms with van der Waals surface area (Å²) in [6.45, 7) is 6.13. The number of carboxylic acid groups (broad SMARTS) is 1. The zero-order chi connectivity index (χ0) is 37.4. The first-order chi connectivity index (χ1) is 24.3. The first-order valence-corrected chi connectivity index (χ1v) is 18.3. The number of nitrogens with two attached hydrogens (primary N) is 2. The molecule has 12 nitrogen and oxygen atoms in total. The molecule has 51 heavy (non-hydrogen) atoms. The summed E-state index contributed by atoms with van der Waals surface area (Å²) in [6.07, 6.45) is 6.93. The molecule has 9 N–H and O–H groups in total. The van der Waals surface area contributed by atoms with E-state index in [0.717, 1.165) is 35.1 Å². The van der Waals surface area contributed by atoms with Crippen molar-refractivity contribution in [3.63, 3.8) is 0 Å². The summed E-state index contributed by atoms with van der Waals surface area (Å²) in [5.41, 5.74) is 15.6. The first kappa shape index (κ1) is 40.3. The highest BCUT2D eigenvalue weighted by atomic mass is 32.2. The van der Waals surface area contributed by atoms with Crippen molar-refractivity contribution in [3.05, 3.63) is 130 Å². The van der Waals surface area contributed by atoms with Crippen LogP contribution in [0.1, 0.15) is 77.2 Å². The van der Waals surface area contributed by atoms with E-state index in [0.29, 0.717) is 18.4 Å². The highest BCUT2D eigenvalue weighted by Gasteiger charge is 2.29.